The van der Waals surface area contributed by atoms with Gasteiger partial charge in [-0.3, -0.25) is 10.1 Å². The third-order valence-electron chi connectivity index (χ3n) is 5.98. The number of anilines is 1. The van der Waals surface area contributed by atoms with E-state index in [2.05, 4.69) is 20.6 Å². The van der Waals surface area contributed by atoms with Gasteiger partial charge in [0.05, 0.1) is 12.0 Å². The molecular formula is C25H18F2N4O2S. The van der Waals surface area contributed by atoms with Crippen molar-refractivity contribution in [3.63, 3.8) is 0 Å². The fourth-order valence-electron chi connectivity index (χ4n) is 4.53. The van der Waals surface area contributed by atoms with Gasteiger partial charge in [-0.15, -0.1) is 11.3 Å². The maximum atomic E-state index is 14.1. The van der Waals surface area contributed by atoms with Gasteiger partial charge in [-0.1, -0.05) is 24.3 Å². The lowest BCUT2D eigenvalue weighted by atomic mass is 9.77. The van der Waals surface area contributed by atoms with E-state index in [-0.39, 0.29) is 29.2 Å². The second kappa shape index (κ2) is 8.18. The number of rotatable bonds is 3. The zero-order chi connectivity index (χ0) is 23.2. The van der Waals surface area contributed by atoms with Crippen LogP contribution < -0.4 is 10.6 Å². The number of carbonyl (C=O) groups is 1. The highest BCUT2D eigenvalue weighted by Gasteiger charge is 2.41. The van der Waals surface area contributed by atoms with Crippen LogP contribution in [0.3, 0.4) is 0 Å². The van der Waals surface area contributed by atoms with Crippen LogP contribution in [0.15, 0.2) is 81.2 Å². The van der Waals surface area contributed by atoms with Crippen molar-refractivity contribution in [2.24, 2.45) is 10.9 Å². The number of oxazole rings is 1. The summed E-state index contributed by atoms with van der Waals surface area (Å²) < 4.78 is 33.9. The summed E-state index contributed by atoms with van der Waals surface area (Å²) in [6.07, 6.45) is 2.30. The average molecular weight is 477 g/mol. The lowest BCUT2D eigenvalue weighted by Crippen LogP contribution is -2.44. The topological polar surface area (TPSA) is 79.5 Å². The minimum atomic E-state index is -0.804. The molecule has 0 amide bonds. The van der Waals surface area contributed by atoms with Crippen LogP contribution in [0.25, 0.3) is 11.1 Å². The highest BCUT2D eigenvalue weighted by molar-refractivity contribution is 7.10. The maximum absolute atomic E-state index is 14.1. The van der Waals surface area contributed by atoms with Gasteiger partial charge in [-0.05, 0) is 41.3 Å². The molecule has 0 saturated carbocycles. The number of para-hydroxylation sites is 2. The summed E-state index contributed by atoms with van der Waals surface area (Å²) in [5, 5.41) is 8.19. The first-order valence-corrected chi connectivity index (χ1v) is 11.6. The second-order valence-electron chi connectivity index (χ2n) is 8.25. The van der Waals surface area contributed by atoms with Crippen LogP contribution in [-0.4, -0.2) is 16.7 Å². The summed E-state index contributed by atoms with van der Waals surface area (Å²) in [5.41, 5.74) is 2.20. The summed E-state index contributed by atoms with van der Waals surface area (Å²) in [6, 6.07) is 13.9. The van der Waals surface area contributed by atoms with E-state index >= 15 is 0 Å². The molecule has 2 N–H and O–H groups in total. The van der Waals surface area contributed by atoms with Crippen molar-refractivity contribution in [3.8, 4) is 0 Å². The van der Waals surface area contributed by atoms with Gasteiger partial charge in [0.25, 0.3) is 0 Å². The number of nitrogens with zero attached hydrogens (tertiary/aromatic N) is 2. The van der Waals surface area contributed by atoms with Crippen molar-refractivity contribution in [2.75, 3.05) is 5.32 Å². The van der Waals surface area contributed by atoms with Crippen LogP contribution in [0.4, 0.5) is 14.8 Å². The Hall–Kier alpha value is -3.85. The number of thiophene rings is 1. The van der Waals surface area contributed by atoms with Gasteiger partial charge >= 0.3 is 6.01 Å². The number of carbonyl (C=O) groups excluding carboxylic acids is 1. The van der Waals surface area contributed by atoms with E-state index < -0.39 is 23.6 Å². The largest absolute Gasteiger partial charge is 0.423 e. The van der Waals surface area contributed by atoms with Gasteiger partial charge in [0.1, 0.15) is 22.9 Å². The average Bonchev–Trinajstić information content (AvgIpc) is 3.47. The normalized spacial score (nSPS) is 22.1. The predicted octanol–water partition coefficient (Wildman–Crippen LogP) is 5.54. The van der Waals surface area contributed by atoms with Crippen LogP contribution in [0.5, 0.6) is 0 Å². The monoisotopic (exact) mass is 476 g/mol. The lowest BCUT2D eigenvalue weighted by molar-refractivity contribution is -0.123. The minimum absolute atomic E-state index is 0.0391. The van der Waals surface area contributed by atoms with E-state index in [1.54, 1.807) is 17.4 Å². The number of Topliss-reactive ketones (excluding diaryl/α,β-unsaturated/α-hetero) is 1. The number of benzene rings is 2. The molecule has 3 atom stereocenters. The molecule has 6 rings (SSSR count). The maximum Gasteiger partial charge on any atom is 0.302 e. The van der Waals surface area contributed by atoms with E-state index in [0.717, 1.165) is 10.9 Å². The number of aromatic nitrogens is 1. The van der Waals surface area contributed by atoms with Crippen molar-refractivity contribution in [2.45, 2.75) is 18.4 Å². The Kier molecular flexibility index (Phi) is 4.99. The molecule has 9 heteroatoms. The number of aliphatic imine (C=N–C) groups is 1. The van der Waals surface area contributed by atoms with Crippen LogP contribution in [0, 0.1) is 17.6 Å². The number of nitrogens with one attached hydrogen (secondary N) is 2. The van der Waals surface area contributed by atoms with Gasteiger partial charge in [-0.25, -0.2) is 13.8 Å². The molecule has 2 aliphatic rings. The number of hydrogen-bond acceptors (Lipinski definition) is 7. The van der Waals surface area contributed by atoms with Crippen LogP contribution in [0.2, 0.25) is 0 Å². The highest BCUT2D eigenvalue weighted by atomic mass is 32.1. The highest BCUT2D eigenvalue weighted by Crippen LogP contribution is 2.42. The molecule has 0 spiro atoms. The second-order valence-corrected chi connectivity index (χ2v) is 9.23. The zero-order valence-electron chi connectivity index (χ0n) is 17.7. The first-order valence-electron chi connectivity index (χ1n) is 10.7. The number of allylic oxidation sites excluding steroid dienone is 1. The molecule has 0 saturated heterocycles. The first-order chi connectivity index (χ1) is 16.5. The molecule has 0 fully saturated rings. The molecule has 2 aromatic carbocycles. The van der Waals surface area contributed by atoms with E-state index in [0.29, 0.717) is 23.2 Å². The number of halogens is 2. The Balaban J connectivity index is 1.42. The molecule has 3 heterocycles. The Labute approximate surface area is 197 Å². The zero-order valence-corrected chi connectivity index (χ0v) is 18.5. The summed E-state index contributed by atoms with van der Waals surface area (Å²) in [7, 11) is 0. The molecule has 1 aliphatic carbocycles. The van der Waals surface area contributed by atoms with Crippen LogP contribution in [-0.2, 0) is 4.79 Å². The quantitative estimate of drug-likeness (QED) is 0.406. The third-order valence-corrected chi connectivity index (χ3v) is 6.99. The van der Waals surface area contributed by atoms with Crippen molar-refractivity contribution in [1.82, 2.24) is 10.3 Å². The van der Waals surface area contributed by atoms with Gasteiger partial charge in [0.2, 0.25) is 5.96 Å². The number of ketones is 1. The van der Waals surface area contributed by atoms with Crippen LogP contribution >= 0.6 is 11.3 Å². The van der Waals surface area contributed by atoms with Crippen molar-refractivity contribution in [1.29, 1.82) is 0 Å². The molecule has 0 unspecified atom stereocenters. The van der Waals surface area contributed by atoms with E-state index in [1.165, 1.54) is 12.1 Å². The third kappa shape index (κ3) is 3.77. The molecule has 0 bridgehead atoms. The SMILES string of the molecule is O=C1C[C@H](c2cccs2)C=C2NC(Nc3nc4ccccc4o3)=N[C@@H](c3cc(F)cc(F)c3)[C@H]12. The van der Waals surface area contributed by atoms with Gasteiger partial charge < -0.3 is 9.73 Å². The Morgan fingerprint density at radius 1 is 1.09 bits per heavy atom. The molecular weight excluding hydrogens is 458 g/mol. The van der Waals surface area contributed by atoms with Gasteiger partial charge in [0, 0.05) is 29.0 Å². The van der Waals surface area contributed by atoms with E-state index in [9.17, 15) is 13.6 Å². The van der Waals surface area contributed by atoms with Gasteiger partial charge in [-0.2, -0.15) is 4.98 Å². The number of fused-ring (bicyclic) bond motifs is 2. The van der Waals surface area contributed by atoms with Crippen molar-refractivity contribution >= 4 is 40.2 Å². The minimum Gasteiger partial charge on any atom is -0.423 e. The smallest absolute Gasteiger partial charge is 0.302 e. The lowest BCUT2D eigenvalue weighted by Gasteiger charge is -2.36. The number of guanidine groups is 1. The molecule has 34 heavy (non-hydrogen) atoms. The molecule has 0 radical (unpaired) electrons. The Bertz CT molecular complexity index is 1410. The molecule has 6 nitrogen and oxygen atoms in total. The Morgan fingerprint density at radius 3 is 2.68 bits per heavy atom. The van der Waals surface area contributed by atoms with Crippen LogP contribution in [0.1, 0.15) is 28.8 Å². The fourth-order valence-corrected chi connectivity index (χ4v) is 5.33. The summed E-state index contributed by atoms with van der Waals surface area (Å²) in [6.45, 7) is 0. The van der Waals surface area contributed by atoms with Gasteiger partial charge in [0.15, 0.2) is 5.58 Å². The predicted molar refractivity (Wildman–Crippen MR) is 126 cm³/mol. The first kappa shape index (κ1) is 20.7. The van der Waals surface area contributed by atoms with E-state index in [4.69, 9.17) is 4.42 Å². The summed E-state index contributed by atoms with van der Waals surface area (Å²) >= 11 is 1.58. The standard InChI is InChI=1S/C25H18F2N4O2S/c26-15-8-14(9-16(27)12-15)23-22-18(10-13(11-19(22)32)21-6-3-7-34-21)28-24(30-23)31-25-29-17-4-1-2-5-20(17)33-25/h1-10,12-13,22-23H,11H2,(H2,28,29,30,31)/t13-,22+,23+/m1/s1. The summed E-state index contributed by atoms with van der Waals surface area (Å²) in [4.78, 5) is 23.4. The molecule has 1 aliphatic heterocycles. The summed E-state index contributed by atoms with van der Waals surface area (Å²) in [5.74, 6) is -1.96. The molecule has 2 aromatic heterocycles. The van der Waals surface area contributed by atoms with Crippen molar-refractivity contribution in [3.05, 3.63) is 93.8 Å². The Morgan fingerprint density at radius 2 is 1.91 bits per heavy atom. The van der Waals surface area contributed by atoms with Crippen molar-refractivity contribution < 1.29 is 18.0 Å². The molecule has 4 aromatic rings. The fraction of sp³-hybridized carbons (Fsp3) is 0.160. The van der Waals surface area contributed by atoms with E-state index in [1.807, 2.05) is 41.8 Å². The molecule has 170 valence electrons. The number of hydrogen-bond donors (Lipinski definition) is 2.